The van der Waals surface area contributed by atoms with Crippen molar-refractivity contribution in [2.24, 2.45) is 5.92 Å². The molecule has 1 rings (SSSR count). The molecule has 1 unspecified atom stereocenters. The molecule has 0 aliphatic heterocycles. The molecule has 1 aromatic rings. The zero-order valence-electron chi connectivity index (χ0n) is 10.2. The van der Waals surface area contributed by atoms with E-state index in [2.05, 4.69) is 0 Å². The largest absolute Gasteiger partial charge is 0.416 e. The summed E-state index contributed by atoms with van der Waals surface area (Å²) in [4.78, 5) is 0. The number of hydrogen-bond acceptors (Lipinski definition) is 1. The predicted octanol–water partition coefficient (Wildman–Crippen LogP) is 3.75. The Labute approximate surface area is 99.3 Å². The number of hydrogen-bond donors (Lipinski definition) is 1. The maximum absolute atomic E-state index is 12.7. The molecule has 17 heavy (non-hydrogen) atoms. The monoisotopic (exact) mass is 246 g/mol. The minimum absolute atomic E-state index is 0.0992. The molecular formula is C13H17F3O. The molecule has 0 saturated heterocycles. The maximum atomic E-state index is 12.7. The van der Waals surface area contributed by atoms with Crippen LogP contribution in [0.1, 0.15) is 36.5 Å². The van der Waals surface area contributed by atoms with Crippen molar-refractivity contribution in [2.75, 3.05) is 6.61 Å². The van der Waals surface area contributed by atoms with Crippen LogP contribution in [-0.4, -0.2) is 11.7 Å². The molecule has 1 aromatic carbocycles. The highest BCUT2D eigenvalue weighted by molar-refractivity contribution is 5.38. The van der Waals surface area contributed by atoms with Crippen molar-refractivity contribution >= 4 is 0 Å². The summed E-state index contributed by atoms with van der Waals surface area (Å²) < 4.78 is 38.2. The van der Waals surface area contributed by atoms with Gasteiger partial charge in [0.1, 0.15) is 0 Å². The van der Waals surface area contributed by atoms with Gasteiger partial charge in [-0.3, -0.25) is 0 Å². The lowest BCUT2D eigenvalue weighted by Crippen LogP contribution is -2.16. The van der Waals surface area contributed by atoms with Crippen molar-refractivity contribution in [3.05, 3.63) is 34.9 Å². The minimum Gasteiger partial charge on any atom is -0.396 e. The third-order valence-electron chi connectivity index (χ3n) is 3.08. The lowest BCUT2D eigenvalue weighted by Gasteiger charge is -2.23. The van der Waals surface area contributed by atoms with Gasteiger partial charge in [0.25, 0.3) is 0 Å². The van der Waals surface area contributed by atoms with E-state index in [0.717, 1.165) is 6.07 Å². The molecule has 0 aliphatic carbocycles. The van der Waals surface area contributed by atoms with E-state index in [-0.39, 0.29) is 24.0 Å². The number of alkyl halides is 3. The van der Waals surface area contributed by atoms with E-state index < -0.39 is 11.7 Å². The first kappa shape index (κ1) is 14.0. The minimum atomic E-state index is -4.34. The van der Waals surface area contributed by atoms with Gasteiger partial charge in [0.15, 0.2) is 0 Å². The number of benzene rings is 1. The molecule has 4 heteroatoms. The van der Waals surface area contributed by atoms with Crippen LogP contribution in [-0.2, 0) is 6.18 Å². The summed E-state index contributed by atoms with van der Waals surface area (Å²) in [6.07, 6.45) is -4.34. The molecule has 1 N–H and O–H groups in total. The van der Waals surface area contributed by atoms with Crippen molar-refractivity contribution in [1.29, 1.82) is 0 Å². The highest BCUT2D eigenvalue weighted by Crippen LogP contribution is 2.36. The molecule has 0 aromatic heterocycles. The smallest absolute Gasteiger partial charge is 0.396 e. The van der Waals surface area contributed by atoms with Crippen LogP contribution >= 0.6 is 0 Å². The van der Waals surface area contributed by atoms with Gasteiger partial charge < -0.3 is 5.11 Å². The highest BCUT2D eigenvalue weighted by atomic mass is 19.4. The van der Waals surface area contributed by atoms with E-state index in [1.807, 2.05) is 13.8 Å². The second kappa shape index (κ2) is 5.08. The van der Waals surface area contributed by atoms with E-state index in [1.54, 1.807) is 6.07 Å². The first-order valence-electron chi connectivity index (χ1n) is 5.56. The highest BCUT2D eigenvalue weighted by Gasteiger charge is 2.33. The average molecular weight is 246 g/mol. The lowest BCUT2D eigenvalue weighted by atomic mass is 9.85. The Balaban J connectivity index is 3.27. The van der Waals surface area contributed by atoms with Crippen molar-refractivity contribution < 1.29 is 18.3 Å². The molecule has 1 atom stereocenters. The molecule has 0 bridgehead atoms. The normalized spacial score (nSPS) is 14.1. The molecule has 0 saturated carbocycles. The zero-order valence-corrected chi connectivity index (χ0v) is 10.2. The SMILES string of the molecule is Cc1c(C(CO)C(C)C)cccc1C(F)(F)F. The van der Waals surface area contributed by atoms with Crippen LogP contribution in [0.4, 0.5) is 13.2 Å². The molecule has 0 spiro atoms. The quantitative estimate of drug-likeness (QED) is 0.861. The molecule has 0 heterocycles. The third kappa shape index (κ3) is 3.00. The van der Waals surface area contributed by atoms with E-state index in [4.69, 9.17) is 0 Å². The molecule has 0 aliphatic rings. The van der Waals surface area contributed by atoms with Gasteiger partial charge in [0.2, 0.25) is 0 Å². The van der Waals surface area contributed by atoms with Crippen molar-refractivity contribution in [2.45, 2.75) is 32.9 Å². The summed E-state index contributed by atoms with van der Waals surface area (Å²) in [5.74, 6) is -0.153. The summed E-state index contributed by atoms with van der Waals surface area (Å²) in [5, 5.41) is 9.29. The number of aliphatic hydroxyl groups is 1. The summed E-state index contributed by atoms with van der Waals surface area (Å²) in [6, 6.07) is 4.13. The third-order valence-corrected chi connectivity index (χ3v) is 3.08. The van der Waals surface area contributed by atoms with Gasteiger partial charge in [-0.2, -0.15) is 13.2 Å². The number of rotatable bonds is 3. The van der Waals surface area contributed by atoms with Gasteiger partial charge in [0.05, 0.1) is 12.2 Å². The summed E-state index contributed by atoms with van der Waals surface area (Å²) in [6.45, 7) is 5.10. The van der Waals surface area contributed by atoms with Crippen LogP contribution in [0.3, 0.4) is 0 Å². The van der Waals surface area contributed by atoms with Crippen LogP contribution in [0, 0.1) is 12.8 Å². The molecular weight excluding hydrogens is 229 g/mol. The second-order valence-electron chi connectivity index (χ2n) is 4.55. The summed E-state index contributed by atoms with van der Waals surface area (Å²) in [7, 11) is 0. The van der Waals surface area contributed by atoms with Crippen LogP contribution in [0.2, 0.25) is 0 Å². The number of aliphatic hydroxyl groups excluding tert-OH is 1. The number of halogens is 3. The van der Waals surface area contributed by atoms with Crippen molar-refractivity contribution in [3.63, 3.8) is 0 Å². The maximum Gasteiger partial charge on any atom is 0.416 e. The standard InChI is InChI=1S/C13H17F3O/c1-8(2)11(7-17)10-5-4-6-12(9(10)3)13(14,15)16/h4-6,8,11,17H,7H2,1-3H3. The summed E-state index contributed by atoms with van der Waals surface area (Å²) in [5.41, 5.74) is 0.180. The van der Waals surface area contributed by atoms with Gasteiger partial charge in [-0.15, -0.1) is 0 Å². The van der Waals surface area contributed by atoms with Crippen LogP contribution in [0.5, 0.6) is 0 Å². The first-order chi connectivity index (χ1) is 7.79. The van der Waals surface area contributed by atoms with Crippen molar-refractivity contribution in [3.8, 4) is 0 Å². The molecule has 0 fully saturated rings. The average Bonchev–Trinajstić information content (AvgIpc) is 2.19. The molecule has 0 radical (unpaired) electrons. The van der Waals surface area contributed by atoms with Crippen LogP contribution in [0.15, 0.2) is 18.2 Å². The van der Waals surface area contributed by atoms with E-state index in [9.17, 15) is 18.3 Å². The van der Waals surface area contributed by atoms with E-state index in [0.29, 0.717) is 5.56 Å². The fourth-order valence-corrected chi connectivity index (χ4v) is 2.03. The van der Waals surface area contributed by atoms with Crippen LogP contribution < -0.4 is 0 Å². The molecule has 96 valence electrons. The molecule has 0 amide bonds. The fraction of sp³-hybridized carbons (Fsp3) is 0.538. The lowest BCUT2D eigenvalue weighted by molar-refractivity contribution is -0.138. The Bertz CT molecular complexity index is 383. The van der Waals surface area contributed by atoms with Gasteiger partial charge in [-0.05, 0) is 30.0 Å². The Hall–Kier alpha value is -1.03. The second-order valence-corrected chi connectivity index (χ2v) is 4.55. The Morgan fingerprint density at radius 3 is 2.24 bits per heavy atom. The van der Waals surface area contributed by atoms with E-state index in [1.165, 1.54) is 13.0 Å². The van der Waals surface area contributed by atoms with Gasteiger partial charge in [-0.1, -0.05) is 26.0 Å². The molecule has 1 nitrogen and oxygen atoms in total. The van der Waals surface area contributed by atoms with Crippen LogP contribution in [0.25, 0.3) is 0 Å². The van der Waals surface area contributed by atoms with Gasteiger partial charge >= 0.3 is 6.18 Å². The Morgan fingerprint density at radius 2 is 1.82 bits per heavy atom. The first-order valence-corrected chi connectivity index (χ1v) is 5.56. The summed E-state index contributed by atoms with van der Waals surface area (Å²) >= 11 is 0. The van der Waals surface area contributed by atoms with Gasteiger partial charge in [0, 0.05) is 5.92 Å². The van der Waals surface area contributed by atoms with Crippen molar-refractivity contribution in [1.82, 2.24) is 0 Å². The van der Waals surface area contributed by atoms with E-state index >= 15 is 0 Å². The van der Waals surface area contributed by atoms with Gasteiger partial charge in [-0.25, -0.2) is 0 Å². The topological polar surface area (TPSA) is 20.2 Å². The zero-order chi connectivity index (χ0) is 13.2. The fourth-order valence-electron chi connectivity index (χ4n) is 2.03. The Morgan fingerprint density at radius 1 is 1.24 bits per heavy atom. The predicted molar refractivity (Wildman–Crippen MR) is 60.8 cm³/mol. The Kier molecular flexibility index (Phi) is 4.20.